The highest BCUT2D eigenvalue weighted by atomic mass is 19.4. The van der Waals surface area contributed by atoms with Crippen LogP contribution in [0.3, 0.4) is 0 Å². The van der Waals surface area contributed by atoms with Gasteiger partial charge in [0.05, 0.1) is 12.1 Å². The molecule has 4 aromatic rings. The summed E-state index contributed by atoms with van der Waals surface area (Å²) in [6.45, 7) is 1.40. The van der Waals surface area contributed by atoms with Gasteiger partial charge in [-0.1, -0.05) is 12.1 Å². The summed E-state index contributed by atoms with van der Waals surface area (Å²) in [5.74, 6) is 1.53. The van der Waals surface area contributed by atoms with Crippen LogP contribution in [0.25, 0.3) is 28.1 Å². The van der Waals surface area contributed by atoms with E-state index in [1.165, 1.54) is 17.2 Å². The van der Waals surface area contributed by atoms with E-state index in [1.54, 1.807) is 17.6 Å². The largest absolute Gasteiger partial charge is 0.491 e. The van der Waals surface area contributed by atoms with E-state index in [0.717, 1.165) is 35.1 Å². The van der Waals surface area contributed by atoms with E-state index in [4.69, 9.17) is 20.2 Å². The van der Waals surface area contributed by atoms with Gasteiger partial charge in [-0.25, -0.2) is 4.98 Å². The van der Waals surface area contributed by atoms with E-state index >= 15 is 0 Å². The lowest BCUT2D eigenvalue weighted by Gasteiger charge is -2.30. The van der Waals surface area contributed by atoms with Crippen LogP contribution in [0, 0.1) is 0 Å². The van der Waals surface area contributed by atoms with Gasteiger partial charge in [0.15, 0.2) is 11.5 Å². The zero-order valence-corrected chi connectivity index (χ0v) is 21.0. The van der Waals surface area contributed by atoms with Crippen LogP contribution in [0.1, 0.15) is 42.3 Å². The lowest BCUT2D eigenvalue weighted by molar-refractivity contribution is -0.183. The molecule has 8 nitrogen and oxygen atoms in total. The Bertz CT molecular complexity index is 1470. The second-order valence-electron chi connectivity index (χ2n) is 10.1. The number of rotatable bonds is 8. The van der Waals surface area contributed by atoms with Crippen LogP contribution in [0.15, 0.2) is 42.6 Å². The van der Waals surface area contributed by atoms with Gasteiger partial charge in [-0.15, -0.1) is 10.2 Å². The zero-order valence-electron chi connectivity index (χ0n) is 21.0. The Morgan fingerprint density at radius 2 is 1.87 bits per heavy atom. The second-order valence-corrected chi connectivity index (χ2v) is 10.1. The van der Waals surface area contributed by atoms with Crippen LogP contribution >= 0.6 is 0 Å². The Morgan fingerprint density at radius 1 is 1.05 bits per heavy atom. The van der Waals surface area contributed by atoms with Crippen molar-refractivity contribution in [2.75, 3.05) is 33.4 Å². The van der Waals surface area contributed by atoms with E-state index in [0.29, 0.717) is 49.3 Å². The van der Waals surface area contributed by atoms with Crippen molar-refractivity contribution in [1.82, 2.24) is 24.5 Å². The molecule has 0 bridgehead atoms. The number of methoxy groups -OCH3 is 1. The Labute approximate surface area is 217 Å². The van der Waals surface area contributed by atoms with Crippen LogP contribution in [-0.2, 0) is 4.74 Å². The monoisotopic (exact) mass is 526 g/mol. The molecule has 4 heterocycles. The summed E-state index contributed by atoms with van der Waals surface area (Å²) in [6.07, 6.45) is -0.325. The summed E-state index contributed by atoms with van der Waals surface area (Å²) in [7, 11) is 1.63. The van der Waals surface area contributed by atoms with Crippen molar-refractivity contribution in [2.45, 2.75) is 43.4 Å². The molecular formula is C27H29F3N6O2. The van der Waals surface area contributed by atoms with Gasteiger partial charge < -0.3 is 15.2 Å². The van der Waals surface area contributed by atoms with E-state index in [-0.39, 0.29) is 18.2 Å². The maximum Gasteiger partial charge on any atom is 0.408 e. The quantitative estimate of drug-likeness (QED) is 0.339. The van der Waals surface area contributed by atoms with Crippen molar-refractivity contribution < 1.29 is 22.6 Å². The molecule has 2 fully saturated rings. The number of hydrogen-bond acceptors (Lipinski definition) is 7. The molecule has 2 N–H and O–H groups in total. The van der Waals surface area contributed by atoms with Gasteiger partial charge in [-0.3, -0.25) is 9.30 Å². The number of alkyl halides is 3. The van der Waals surface area contributed by atoms with Crippen molar-refractivity contribution >= 4 is 16.6 Å². The lowest BCUT2D eigenvalue weighted by Crippen LogP contribution is -2.38. The molecule has 11 heteroatoms. The first-order valence-corrected chi connectivity index (χ1v) is 12.8. The van der Waals surface area contributed by atoms with E-state index in [1.807, 2.05) is 24.3 Å². The van der Waals surface area contributed by atoms with Gasteiger partial charge in [-0.2, -0.15) is 13.2 Å². The Balaban J connectivity index is 1.42. The first kappa shape index (κ1) is 25.0. The van der Waals surface area contributed by atoms with E-state index in [9.17, 15) is 13.2 Å². The molecule has 38 heavy (non-hydrogen) atoms. The molecule has 1 aliphatic carbocycles. The highest BCUT2D eigenvalue weighted by molar-refractivity contribution is 5.87. The summed E-state index contributed by atoms with van der Waals surface area (Å²) in [6, 6.07) is 8.74. The maximum absolute atomic E-state index is 14.2. The number of likely N-dealkylation sites (tertiary alicyclic amines) is 1. The molecule has 200 valence electrons. The number of aromatic nitrogens is 4. The van der Waals surface area contributed by atoms with Crippen molar-refractivity contribution in [2.24, 2.45) is 5.73 Å². The van der Waals surface area contributed by atoms with Crippen LogP contribution in [-0.4, -0.2) is 70.1 Å². The predicted octanol–water partition coefficient (Wildman–Crippen LogP) is 4.48. The third-order valence-corrected chi connectivity index (χ3v) is 7.29. The van der Waals surface area contributed by atoms with Crippen molar-refractivity contribution in [3.05, 3.63) is 53.7 Å². The molecule has 0 amide bonds. The second kappa shape index (κ2) is 9.79. The first-order valence-electron chi connectivity index (χ1n) is 12.8. The van der Waals surface area contributed by atoms with Gasteiger partial charge in [0.2, 0.25) is 0 Å². The van der Waals surface area contributed by atoms with Crippen LogP contribution in [0.5, 0.6) is 5.75 Å². The molecule has 1 unspecified atom stereocenters. The van der Waals surface area contributed by atoms with Gasteiger partial charge >= 0.3 is 6.18 Å². The minimum absolute atomic E-state index is 0.119. The topological polar surface area (TPSA) is 90.8 Å². The molecule has 2 atom stereocenters. The number of nitrogens with two attached hydrogens (primary N) is 1. The normalized spacial score (nSPS) is 19.4. The standard InChI is InChI=1S/C27H29F3N6O2/c1-37-12-13-38-21-8-5-17-4-7-20(32-24(17)23(21)16-2-3-16)26-34-33-22-9-6-18(14-36(22)26)25(27(28,29)30)35-11-10-19(31)15-35/h4-9,14,16,19,25H,2-3,10-13,15,31H2,1H3/t19?,25-/m1/s1. The minimum Gasteiger partial charge on any atom is -0.491 e. The number of fused-ring (bicyclic) bond motifs is 2. The molecule has 1 saturated carbocycles. The van der Waals surface area contributed by atoms with Crippen molar-refractivity contribution in [3.63, 3.8) is 0 Å². The predicted molar refractivity (Wildman–Crippen MR) is 136 cm³/mol. The number of benzene rings is 1. The molecule has 1 aliphatic heterocycles. The Kier molecular flexibility index (Phi) is 6.45. The number of hydrogen-bond donors (Lipinski definition) is 1. The molecule has 0 spiro atoms. The van der Waals surface area contributed by atoms with Gasteiger partial charge in [0, 0.05) is 43.4 Å². The Morgan fingerprint density at radius 3 is 2.58 bits per heavy atom. The number of nitrogens with zero attached hydrogens (tertiary/aromatic N) is 5. The number of pyridine rings is 2. The molecule has 3 aromatic heterocycles. The molecule has 6 rings (SSSR count). The van der Waals surface area contributed by atoms with Gasteiger partial charge in [-0.05, 0) is 55.0 Å². The third-order valence-electron chi connectivity index (χ3n) is 7.29. The molecular weight excluding hydrogens is 497 g/mol. The molecule has 0 radical (unpaired) electrons. The minimum atomic E-state index is -4.45. The average molecular weight is 527 g/mol. The van der Waals surface area contributed by atoms with Gasteiger partial charge in [0.1, 0.15) is 24.1 Å². The van der Waals surface area contributed by atoms with Crippen molar-refractivity contribution in [3.8, 4) is 17.3 Å². The first-order chi connectivity index (χ1) is 18.3. The third kappa shape index (κ3) is 4.70. The van der Waals surface area contributed by atoms with E-state index in [2.05, 4.69) is 10.2 Å². The van der Waals surface area contributed by atoms with E-state index < -0.39 is 12.2 Å². The van der Waals surface area contributed by atoms with Crippen LogP contribution < -0.4 is 10.5 Å². The fraction of sp³-hybridized carbons (Fsp3) is 0.444. The highest BCUT2D eigenvalue weighted by Crippen LogP contribution is 2.47. The summed E-state index contributed by atoms with van der Waals surface area (Å²) in [5, 5.41) is 9.47. The number of ether oxygens (including phenoxy) is 2. The van der Waals surface area contributed by atoms with Crippen LogP contribution in [0.2, 0.25) is 0 Å². The smallest absolute Gasteiger partial charge is 0.408 e. The fourth-order valence-corrected chi connectivity index (χ4v) is 5.34. The maximum atomic E-state index is 14.2. The lowest BCUT2D eigenvalue weighted by atomic mass is 10.0. The summed E-state index contributed by atoms with van der Waals surface area (Å²) in [5.41, 5.74) is 8.89. The Hall–Kier alpha value is -3.28. The fourth-order valence-electron chi connectivity index (χ4n) is 5.34. The average Bonchev–Trinajstić information content (AvgIpc) is 3.50. The van der Waals surface area contributed by atoms with Crippen LogP contribution in [0.4, 0.5) is 13.2 Å². The summed E-state index contributed by atoms with van der Waals surface area (Å²) >= 11 is 0. The molecule has 2 aliphatic rings. The molecule has 1 saturated heterocycles. The summed E-state index contributed by atoms with van der Waals surface area (Å²) in [4.78, 5) is 6.34. The van der Waals surface area contributed by atoms with Gasteiger partial charge in [0.25, 0.3) is 0 Å². The SMILES string of the molecule is COCCOc1ccc2ccc(-c3nnc4ccc([C@@H](N5CCC(N)C5)C(F)(F)F)cn34)nc2c1C1CC1. The summed E-state index contributed by atoms with van der Waals surface area (Å²) < 4.78 is 55.4. The molecule has 1 aromatic carbocycles. The zero-order chi connectivity index (χ0) is 26.4. The number of halogens is 3. The highest BCUT2D eigenvalue weighted by Gasteiger charge is 2.46. The van der Waals surface area contributed by atoms with Crippen molar-refractivity contribution in [1.29, 1.82) is 0 Å².